The summed E-state index contributed by atoms with van der Waals surface area (Å²) in [4.78, 5) is 8.82. The third kappa shape index (κ3) is 5.01. The quantitative estimate of drug-likeness (QED) is 0.236. The minimum atomic E-state index is -0.394. The standard InChI is InChI=1S/C31H30F2N4O/c1-5-8-19(2)35-30-16-29(23-10-6-9-22(13-23)24-14-25(32)18-34-17-24)36-37(30)21(4)27-15-28(33)31-26(20(27)3)11-7-12-38-31/h6,9-10,13-18H,4-5,7-8,11-12H2,1-3H3/b35-19-. The summed E-state index contributed by atoms with van der Waals surface area (Å²) >= 11 is 0. The maximum absolute atomic E-state index is 15.0. The highest BCUT2D eigenvalue weighted by Gasteiger charge is 2.23. The van der Waals surface area contributed by atoms with Gasteiger partial charge in [-0.2, -0.15) is 5.10 Å². The maximum Gasteiger partial charge on any atom is 0.166 e. The van der Waals surface area contributed by atoms with Crippen LogP contribution in [0.1, 0.15) is 49.8 Å². The first-order valence-corrected chi connectivity index (χ1v) is 12.9. The zero-order valence-electron chi connectivity index (χ0n) is 21.9. The molecule has 0 aliphatic carbocycles. The number of fused-ring (bicyclic) bond motifs is 1. The highest BCUT2D eigenvalue weighted by Crippen LogP contribution is 2.37. The fourth-order valence-electron chi connectivity index (χ4n) is 4.90. The highest BCUT2D eigenvalue weighted by atomic mass is 19.1. The molecule has 2 aromatic carbocycles. The van der Waals surface area contributed by atoms with Crippen molar-refractivity contribution in [1.29, 1.82) is 0 Å². The van der Waals surface area contributed by atoms with Crippen molar-refractivity contribution in [3.8, 4) is 28.1 Å². The van der Waals surface area contributed by atoms with Gasteiger partial charge < -0.3 is 4.74 Å². The van der Waals surface area contributed by atoms with Gasteiger partial charge in [-0.25, -0.2) is 18.5 Å². The van der Waals surface area contributed by atoms with E-state index in [1.807, 2.05) is 44.2 Å². The van der Waals surface area contributed by atoms with E-state index in [1.165, 1.54) is 18.3 Å². The average Bonchev–Trinajstić information content (AvgIpc) is 3.34. The Kier molecular flexibility index (Phi) is 7.18. The molecule has 4 aromatic rings. The first kappa shape index (κ1) is 25.5. The number of rotatable bonds is 7. The molecule has 0 saturated carbocycles. The molecule has 5 nitrogen and oxygen atoms in total. The fraction of sp³-hybridized carbons (Fsp3) is 0.258. The summed E-state index contributed by atoms with van der Waals surface area (Å²) in [5.41, 5.74) is 7.00. The predicted octanol–water partition coefficient (Wildman–Crippen LogP) is 7.94. The molecule has 0 atom stereocenters. The van der Waals surface area contributed by atoms with Crippen LogP contribution in [0.5, 0.6) is 5.75 Å². The lowest BCUT2D eigenvalue weighted by Crippen LogP contribution is -2.13. The summed E-state index contributed by atoms with van der Waals surface area (Å²) in [5.74, 6) is 0.168. The average molecular weight is 513 g/mol. The Hall–Kier alpha value is -4.13. The number of benzene rings is 2. The number of aromatic nitrogens is 3. The molecule has 0 amide bonds. The second-order valence-corrected chi connectivity index (χ2v) is 9.61. The normalized spacial score (nSPS) is 13.2. The van der Waals surface area contributed by atoms with Crippen molar-refractivity contribution >= 4 is 17.2 Å². The molecule has 0 bridgehead atoms. The van der Waals surface area contributed by atoms with E-state index in [2.05, 4.69) is 18.5 Å². The van der Waals surface area contributed by atoms with Crippen molar-refractivity contribution in [3.05, 3.63) is 89.8 Å². The zero-order chi connectivity index (χ0) is 26.8. The molecule has 0 fully saturated rings. The van der Waals surface area contributed by atoms with E-state index >= 15 is 4.39 Å². The van der Waals surface area contributed by atoms with E-state index in [0.29, 0.717) is 40.7 Å². The van der Waals surface area contributed by atoms with Gasteiger partial charge in [-0.1, -0.05) is 38.1 Å². The van der Waals surface area contributed by atoms with Gasteiger partial charge in [-0.05, 0) is 62.4 Å². The van der Waals surface area contributed by atoms with Gasteiger partial charge in [0, 0.05) is 40.2 Å². The molecule has 0 unspecified atom stereocenters. The molecule has 3 heterocycles. The van der Waals surface area contributed by atoms with Crippen molar-refractivity contribution in [3.63, 3.8) is 0 Å². The molecule has 0 radical (unpaired) electrons. The molecule has 2 aromatic heterocycles. The molecular formula is C31H30F2N4O. The third-order valence-corrected chi connectivity index (χ3v) is 6.81. The van der Waals surface area contributed by atoms with Gasteiger partial charge in [0.2, 0.25) is 0 Å². The summed E-state index contributed by atoms with van der Waals surface area (Å²) in [6.07, 6.45) is 6.23. The molecular weight excluding hydrogens is 482 g/mol. The summed E-state index contributed by atoms with van der Waals surface area (Å²) in [6, 6.07) is 12.5. The van der Waals surface area contributed by atoms with Crippen LogP contribution in [0.15, 0.2) is 66.4 Å². The van der Waals surface area contributed by atoms with Crippen molar-refractivity contribution in [2.75, 3.05) is 6.61 Å². The van der Waals surface area contributed by atoms with Crippen LogP contribution >= 0.6 is 0 Å². The Morgan fingerprint density at radius 2 is 1.92 bits per heavy atom. The van der Waals surface area contributed by atoms with Crippen LogP contribution in [0.2, 0.25) is 0 Å². The second-order valence-electron chi connectivity index (χ2n) is 9.61. The van der Waals surface area contributed by atoms with Gasteiger partial charge in [-0.15, -0.1) is 0 Å². The Morgan fingerprint density at radius 3 is 2.71 bits per heavy atom. The van der Waals surface area contributed by atoms with Crippen LogP contribution in [0.4, 0.5) is 14.6 Å². The number of hydrogen-bond acceptors (Lipinski definition) is 4. The van der Waals surface area contributed by atoms with E-state index < -0.39 is 11.6 Å². The Balaban J connectivity index is 1.61. The summed E-state index contributed by atoms with van der Waals surface area (Å²) < 4.78 is 36.1. The van der Waals surface area contributed by atoms with Crippen LogP contribution < -0.4 is 4.74 Å². The largest absolute Gasteiger partial charge is 0.490 e. The van der Waals surface area contributed by atoms with Crippen LogP contribution in [-0.2, 0) is 6.42 Å². The smallest absolute Gasteiger partial charge is 0.166 e. The first-order chi connectivity index (χ1) is 18.4. The Labute approximate surface area is 221 Å². The van der Waals surface area contributed by atoms with Crippen molar-refractivity contribution in [2.45, 2.75) is 46.5 Å². The zero-order valence-corrected chi connectivity index (χ0v) is 21.9. The minimum absolute atomic E-state index is 0.340. The van der Waals surface area contributed by atoms with Crippen LogP contribution in [-0.4, -0.2) is 27.1 Å². The van der Waals surface area contributed by atoms with Crippen LogP contribution in [0.25, 0.3) is 28.1 Å². The van der Waals surface area contributed by atoms with E-state index in [1.54, 1.807) is 10.9 Å². The lowest BCUT2D eigenvalue weighted by atomic mass is 9.94. The minimum Gasteiger partial charge on any atom is -0.490 e. The first-order valence-electron chi connectivity index (χ1n) is 12.9. The van der Waals surface area contributed by atoms with E-state index in [0.717, 1.165) is 53.6 Å². The Bertz CT molecular complexity index is 1550. The van der Waals surface area contributed by atoms with Gasteiger partial charge >= 0.3 is 0 Å². The molecule has 0 spiro atoms. The van der Waals surface area contributed by atoms with Gasteiger partial charge in [0.15, 0.2) is 17.4 Å². The van der Waals surface area contributed by atoms with Crippen molar-refractivity contribution in [1.82, 2.24) is 14.8 Å². The van der Waals surface area contributed by atoms with Gasteiger partial charge in [0.25, 0.3) is 0 Å². The summed E-state index contributed by atoms with van der Waals surface area (Å²) in [5, 5.41) is 4.87. The Morgan fingerprint density at radius 1 is 1.11 bits per heavy atom. The molecule has 194 valence electrons. The lowest BCUT2D eigenvalue weighted by molar-refractivity contribution is 0.272. The lowest BCUT2D eigenvalue weighted by Gasteiger charge is -2.22. The van der Waals surface area contributed by atoms with E-state index in [-0.39, 0.29) is 0 Å². The van der Waals surface area contributed by atoms with Crippen molar-refractivity contribution in [2.24, 2.45) is 4.99 Å². The molecule has 1 aliphatic heterocycles. The number of halogens is 2. The fourth-order valence-corrected chi connectivity index (χ4v) is 4.90. The molecule has 5 rings (SSSR count). The molecule has 38 heavy (non-hydrogen) atoms. The monoisotopic (exact) mass is 512 g/mol. The van der Waals surface area contributed by atoms with Gasteiger partial charge in [-0.3, -0.25) is 4.98 Å². The highest BCUT2D eigenvalue weighted by molar-refractivity contribution is 5.85. The number of hydrogen-bond donors (Lipinski definition) is 0. The third-order valence-electron chi connectivity index (χ3n) is 6.81. The van der Waals surface area contributed by atoms with Gasteiger partial charge in [0.1, 0.15) is 5.82 Å². The van der Waals surface area contributed by atoms with E-state index in [9.17, 15) is 4.39 Å². The summed E-state index contributed by atoms with van der Waals surface area (Å²) in [7, 11) is 0. The van der Waals surface area contributed by atoms with Gasteiger partial charge in [0.05, 0.1) is 24.2 Å². The SMILES string of the molecule is C=C(c1cc(F)c2c(c1C)CCCO2)n1nc(-c2cccc(-c3cncc(F)c3)c2)cc1/N=C(/C)CCC. The number of pyridine rings is 1. The number of ether oxygens (including phenoxy) is 1. The summed E-state index contributed by atoms with van der Waals surface area (Å²) in [6.45, 7) is 10.9. The molecule has 7 heteroatoms. The van der Waals surface area contributed by atoms with E-state index in [4.69, 9.17) is 14.8 Å². The second kappa shape index (κ2) is 10.7. The number of nitrogens with zero attached hydrogens (tertiary/aromatic N) is 4. The van der Waals surface area contributed by atoms with Crippen LogP contribution in [0, 0.1) is 18.6 Å². The maximum atomic E-state index is 15.0. The molecule has 0 saturated heterocycles. The molecule has 1 aliphatic rings. The number of aliphatic imine (C=N–C) groups is 1. The van der Waals surface area contributed by atoms with Crippen molar-refractivity contribution < 1.29 is 13.5 Å². The van der Waals surface area contributed by atoms with Crippen LogP contribution in [0.3, 0.4) is 0 Å². The topological polar surface area (TPSA) is 52.3 Å². The predicted molar refractivity (Wildman–Crippen MR) is 148 cm³/mol. The molecule has 0 N–H and O–H groups in total.